The predicted molar refractivity (Wildman–Crippen MR) is 75.8 cm³/mol. The highest BCUT2D eigenvalue weighted by Crippen LogP contribution is 2.31. The number of rotatable bonds is 2. The lowest BCUT2D eigenvalue weighted by Crippen LogP contribution is -2.52. The summed E-state index contributed by atoms with van der Waals surface area (Å²) in [4.78, 5) is 1.73. The molecule has 1 aromatic carbocycles. The molecule has 5 heteroatoms. The summed E-state index contributed by atoms with van der Waals surface area (Å²) < 4.78 is 34.0. The van der Waals surface area contributed by atoms with E-state index in [2.05, 4.69) is 15.9 Å². The lowest BCUT2D eigenvalue weighted by molar-refractivity contribution is -0.0752. The molecule has 1 saturated heterocycles. The van der Waals surface area contributed by atoms with E-state index in [0.29, 0.717) is 24.0 Å². The van der Waals surface area contributed by atoms with Crippen molar-refractivity contribution in [2.75, 3.05) is 18.0 Å². The molecule has 0 amide bonds. The van der Waals surface area contributed by atoms with Gasteiger partial charge in [-0.25, -0.2) is 8.78 Å². The normalized spacial score (nSPS) is 22.6. The molecule has 19 heavy (non-hydrogen) atoms. The molecule has 0 aromatic heterocycles. The molecule has 0 saturated carbocycles. The summed E-state index contributed by atoms with van der Waals surface area (Å²) in [7, 11) is 0. The number of morpholine rings is 1. The van der Waals surface area contributed by atoms with Crippen LogP contribution in [0.5, 0.6) is 0 Å². The largest absolute Gasteiger partial charge is 0.369 e. The number of hydrogen-bond donors (Lipinski definition) is 0. The van der Waals surface area contributed by atoms with E-state index >= 15 is 0 Å². The van der Waals surface area contributed by atoms with Gasteiger partial charge >= 0.3 is 0 Å². The second kappa shape index (κ2) is 5.37. The van der Waals surface area contributed by atoms with E-state index in [9.17, 15) is 8.78 Å². The summed E-state index contributed by atoms with van der Waals surface area (Å²) >= 11 is 3.21. The third-order valence-electron chi connectivity index (χ3n) is 3.12. The maximum Gasteiger partial charge on any atom is 0.149 e. The highest BCUT2D eigenvalue weighted by atomic mass is 79.9. The topological polar surface area (TPSA) is 12.5 Å². The van der Waals surface area contributed by atoms with Gasteiger partial charge in [0.05, 0.1) is 11.7 Å². The first-order valence-corrected chi connectivity index (χ1v) is 7.41. The van der Waals surface area contributed by atoms with Crippen LogP contribution in [0.2, 0.25) is 0 Å². The monoisotopic (exact) mass is 333 g/mol. The van der Waals surface area contributed by atoms with E-state index in [1.54, 1.807) is 4.90 Å². The Labute approximate surface area is 120 Å². The van der Waals surface area contributed by atoms with Crippen LogP contribution in [0, 0.1) is 11.6 Å². The molecular formula is C14H18BrF2NO. The van der Waals surface area contributed by atoms with Crippen LogP contribution in [-0.4, -0.2) is 24.8 Å². The molecule has 1 aliphatic rings. The molecule has 1 atom stereocenters. The maximum atomic E-state index is 14.1. The van der Waals surface area contributed by atoms with Gasteiger partial charge in [-0.05, 0) is 38.5 Å². The van der Waals surface area contributed by atoms with E-state index in [1.807, 2.05) is 20.8 Å². The highest BCUT2D eigenvalue weighted by Gasteiger charge is 2.33. The summed E-state index contributed by atoms with van der Waals surface area (Å²) in [5.74, 6) is -1.03. The first-order chi connectivity index (χ1) is 8.82. The van der Waals surface area contributed by atoms with Crippen LogP contribution in [-0.2, 0) is 10.1 Å². The second-order valence-corrected chi connectivity index (χ2v) is 6.17. The van der Waals surface area contributed by atoms with Crippen molar-refractivity contribution in [2.24, 2.45) is 0 Å². The Morgan fingerprint density at radius 1 is 1.37 bits per heavy atom. The fourth-order valence-electron chi connectivity index (χ4n) is 2.62. The van der Waals surface area contributed by atoms with E-state index < -0.39 is 17.2 Å². The van der Waals surface area contributed by atoms with Crippen molar-refractivity contribution in [1.82, 2.24) is 0 Å². The minimum absolute atomic E-state index is 0.0490. The van der Waals surface area contributed by atoms with Crippen molar-refractivity contribution in [2.45, 2.75) is 37.8 Å². The fourth-order valence-corrected chi connectivity index (χ4v) is 2.95. The van der Waals surface area contributed by atoms with Gasteiger partial charge in [0.2, 0.25) is 0 Å². The zero-order chi connectivity index (χ0) is 14.2. The predicted octanol–water partition coefficient (Wildman–Crippen LogP) is 3.86. The Balaban J connectivity index is 2.36. The average molecular weight is 334 g/mol. The molecule has 2 nitrogen and oxygen atoms in total. The van der Waals surface area contributed by atoms with Crippen LogP contribution in [0.1, 0.15) is 26.3 Å². The van der Waals surface area contributed by atoms with Gasteiger partial charge in [-0.15, -0.1) is 0 Å². The first-order valence-electron chi connectivity index (χ1n) is 6.29. The minimum Gasteiger partial charge on any atom is -0.369 e. The van der Waals surface area contributed by atoms with Crippen molar-refractivity contribution >= 4 is 21.6 Å². The Morgan fingerprint density at radius 2 is 1.95 bits per heavy atom. The maximum absolute atomic E-state index is 14.1. The highest BCUT2D eigenvalue weighted by molar-refractivity contribution is 9.08. The Kier molecular flexibility index (Phi) is 4.16. The molecule has 1 aliphatic heterocycles. The van der Waals surface area contributed by atoms with E-state index in [0.717, 1.165) is 0 Å². The number of nitrogens with zero attached hydrogens (tertiary/aromatic N) is 1. The van der Waals surface area contributed by atoms with Crippen LogP contribution in [0.25, 0.3) is 0 Å². The van der Waals surface area contributed by atoms with Gasteiger partial charge in [-0.3, -0.25) is 0 Å². The van der Waals surface area contributed by atoms with Crippen molar-refractivity contribution < 1.29 is 13.5 Å². The zero-order valence-electron chi connectivity index (χ0n) is 11.3. The van der Waals surface area contributed by atoms with Gasteiger partial charge in [0.15, 0.2) is 0 Å². The first kappa shape index (κ1) is 14.7. The van der Waals surface area contributed by atoms with Crippen molar-refractivity contribution in [3.63, 3.8) is 0 Å². The van der Waals surface area contributed by atoms with Crippen molar-refractivity contribution in [3.8, 4) is 0 Å². The smallest absolute Gasteiger partial charge is 0.149 e. The van der Waals surface area contributed by atoms with E-state index in [1.165, 1.54) is 12.1 Å². The Morgan fingerprint density at radius 3 is 2.42 bits per heavy atom. The number of anilines is 1. The summed E-state index contributed by atoms with van der Waals surface area (Å²) in [6, 6.07) is 2.75. The average Bonchev–Trinajstić information content (AvgIpc) is 2.24. The lowest BCUT2D eigenvalue weighted by Gasteiger charge is -2.43. The zero-order valence-corrected chi connectivity index (χ0v) is 12.9. The van der Waals surface area contributed by atoms with Crippen molar-refractivity contribution in [3.05, 3.63) is 29.3 Å². The van der Waals surface area contributed by atoms with Gasteiger partial charge < -0.3 is 9.64 Å². The van der Waals surface area contributed by atoms with Gasteiger partial charge in [0.1, 0.15) is 17.3 Å². The van der Waals surface area contributed by atoms with Crippen LogP contribution in [0.15, 0.2) is 12.1 Å². The number of alkyl halides is 1. The molecule has 0 radical (unpaired) electrons. The molecule has 1 aromatic rings. The molecular weight excluding hydrogens is 316 g/mol. The molecule has 1 unspecified atom stereocenters. The minimum atomic E-state index is -0.514. The fraction of sp³-hybridized carbons (Fsp3) is 0.571. The molecule has 0 aliphatic carbocycles. The molecule has 0 spiro atoms. The number of halogens is 3. The lowest BCUT2D eigenvalue weighted by atomic mass is 10.0. The number of ether oxygens (including phenoxy) is 1. The summed E-state index contributed by atoms with van der Waals surface area (Å²) in [6.07, 6.45) is -0.0570. The van der Waals surface area contributed by atoms with E-state index in [-0.39, 0.29) is 11.8 Å². The molecule has 106 valence electrons. The SMILES string of the molecule is CC1CN(c2c(F)cc(CBr)cc2F)CC(C)(C)O1. The number of benzene rings is 1. The quantitative estimate of drug-likeness (QED) is 0.762. The van der Waals surface area contributed by atoms with Gasteiger partial charge in [-0.1, -0.05) is 15.9 Å². The Hall–Kier alpha value is -0.680. The standard InChI is InChI=1S/C14H18BrF2NO/c1-9-7-18(8-14(2,3)19-9)13-11(16)4-10(6-15)5-12(13)17/h4-5,9H,6-8H2,1-3H3. The third-order valence-corrected chi connectivity index (χ3v) is 3.76. The Bertz CT molecular complexity index is 456. The summed E-state index contributed by atoms with van der Waals surface area (Å²) in [6.45, 7) is 6.73. The molecule has 1 heterocycles. The van der Waals surface area contributed by atoms with Crippen LogP contribution in [0.4, 0.5) is 14.5 Å². The summed E-state index contributed by atoms with van der Waals surface area (Å²) in [5, 5.41) is 0.437. The molecule has 2 rings (SSSR count). The van der Waals surface area contributed by atoms with E-state index in [4.69, 9.17) is 4.74 Å². The second-order valence-electron chi connectivity index (χ2n) is 5.61. The van der Waals surface area contributed by atoms with Crippen LogP contribution < -0.4 is 4.90 Å². The molecule has 1 fully saturated rings. The van der Waals surface area contributed by atoms with Gasteiger partial charge in [-0.2, -0.15) is 0 Å². The van der Waals surface area contributed by atoms with Crippen LogP contribution in [0.3, 0.4) is 0 Å². The molecule has 0 bridgehead atoms. The van der Waals surface area contributed by atoms with Gasteiger partial charge in [0, 0.05) is 18.4 Å². The molecule has 0 N–H and O–H groups in total. The van der Waals surface area contributed by atoms with Crippen LogP contribution >= 0.6 is 15.9 Å². The van der Waals surface area contributed by atoms with Gasteiger partial charge in [0.25, 0.3) is 0 Å². The number of hydrogen-bond acceptors (Lipinski definition) is 2. The summed E-state index contributed by atoms with van der Waals surface area (Å²) in [5.41, 5.74) is 0.234. The third kappa shape index (κ3) is 3.26. The van der Waals surface area contributed by atoms with Crippen molar-refractivity contribution in [1.29, 1.82) is 0 Å².